The van der Waals surface area contributed by atoms with E-state index in [1.165, 1.54) is 6.92 Å². The van der Waals surface area contributed by atoms with Gasteiger partial charge in [0.2, 0.25) is 0 Å². The quantitative estimate of drug-likeness (QED) is 0.505. The summed E-state index contributed by atoms with van der Waals surface area (Å²) in [5, 5.41) is -1.79. The second-order valence-electron chi connectivity index (χ2n) is 2.11. The van der Waals surface area contributed by atoms with Crippen LogP contribution in [0.3, 0.4) is 0 Å². The van der Waals surface area contributed by atoms with E-state index in [4.69, 9.17) is 0 Å². The van der Waals surface area contributed by atoms with Crippen LogP contribution >= 0.6 is 0 Å². The highest BCUT2D eigenvalue weighted by molar-refractivity contribution is 5.82. The molecular weight excluding hydrogens is 161 g/mol. The number of rotatable bonds is 4. The van der Waals surface area contributed by atoms with Crippen molar-refractivity contribution in [2.75, 3.05) is 0 Å². The molecule has 1 amide bonds. The third-order valence-corrected chi connectivity index (χ3v) is 1.23. The molecule has 0 saturated carbocycles. The third kappa shape index (κ3) is 2.07. The van der Waals surface area contributed by atoms with Gasteiger partial charge in [0.15, 0.2) is 0 Å². The number of carbonyl (C=O) groups excluding carboxylic acids is 1. The van der Waals surface area contributed by atoms with Crippen LogP contribution in [0.25, 0.3) is 0 Å². The fourth-order valence-corrected chi connectivity index (χ4v) is 0.622. The number of halogens is 3. The molecule has 2 N–H and O–H groups in total. The lowest BCUT2D eigenvalue weighted by Crippen LogP contribution is -2.47. The summed E-state index contributed by atoms with van der Waals surface area (Å²) in [4.78, 5) is 10.2. The molecule has 0 unspecified atom stereocenters. The van der Waals surface area contributed by atoms with Gasteiger partial charge in [0, 0.05) is 6.42 Å². The molecule has 0 bridgehead atoms. The molecule has 0 rings (SSSR count). The molecule has 0 aromatic rings. The molecule has 1 atom stereocenters. The Kier molecular flexibility index (Phi) is 3.31. The van der Waals surface area contributed by atoms with Crippen LogP contribution in [0.2, 0.25) is 0 Å². The van der Waals surface area contributed by atoms with E-state index in [2.05, 4.69) is 5.73 Å². The van der Waals surface area contributed by atoms with Gasteiger partial charge in [-0.2, -0.15) is 0 Å². The summed E-state index contributed by atoms with van der Waals surface area (Å²) in [5.41, 5.74) is 4.42. The van der Waals surface area contributed by atoms with E-state index >= 15 is 0 Å². The van der Waals surface area contributed by atoms with Gasteiger partial charge in [-0.05, 0) is 0 Å². The topological polar surface area (TPSA) is 46.3 Å². The lowest BCUT2D eigenvalue weighted by atomic mass is 10.1. The lowest BCUT2D eigenvalue weighted by Gasteiger charge is -2.19. The largest absolute Gasteiger partial charge is 0.365 e. The number of amides is 1. The van der Waals surface area contributed by atoms with Crippen LogP contribution in [0, 0.1) is 0 Å². The zero-order valence-corrected chi connectivity index (χ0v) is 5.98. The van der Waals surface area contributed by atoms with Crippen molar-refractivity contribution in [3.05, 3.63) is 0 Å². The molecule has 0 aliphatic rings. The van der Waals surface area contributed by atoms with Gasteiger partial charge in [-0.15, -0.1) is 0 Å². The molecule has 0 aromatic carbocycles. The predicted molar refractivity (Wildman–Crippen MR) is 32.0 cm³/mol. The molecule has 0 aromatic heterocycles. The van der Waals surface area contributed by atoms with E-state index < -0.39 is 23.5 Å². The van der Waals surface area contributed by atoms with E-state index in [1.807, 2.05) is 0 Å². The summed E-state index contributed by atoms with van der Waals surface area (Å²) in [6, 6.07) is 0. The van der Waals surface area contributed by atoms with Gasteiger partial charge in [-0.3, -0.25) is 4.79 Å². The van der Waals surface area contributed by atoms with Crippen molar-refractivity contribution < 1.29 is 18.1 Å². The molecule has 0 aliphatic carbocycles. The standard InChI is InChI=1S/C5H9F3N2O/c1-2-3-5(6,4(9)11)10(7)8/h2-3H2,1H3,(H2,9,11)/t5-/m0/s1. The number of primary amides is 1. The molecule has 0 radical (unpaired) electrons. The summed E-state index contributed by atoms with van der Waals surface area (Å²) in [7, 11) is 0. The first-order chi connectivity index (χ1) is 4.95. The average molecular weight is 170 g/mol. The van der Waals surface area contributed by atoms with E-state index in [-0.39, 0.29) is 6.42 Å². The second kappa shape index (κ2) is 3.56. The van der Waals surface area contributed by atoms with Crippen molar-refractivity contribution >= 4 is 5.91 Å². The Hall–Kier alpha value is -0.780. The molecule has 11 heavy (non-hydrogen) atoms. The Balaban J connectivity index is 4.38. The predicted octanol–water partition coefficient (Wildman–Crippen LogP) is 1.01. The maximum atomic E-state index is 12.7. The van der Waals surface area contributed by atoms with Crippen molar-refractivity contribution in [2.45, 2.75) is 25.6 Å². The van der Waals surface area contributed by atoms with Crippen molar-refractivity contribution in [1.82, 2.24) is 5.34 Å². The maximum Gasteiger partial charge on any atom is 0.298 e. The van der Waals surface area contributed by atoms with Crippen LogP contribution in [-0.4, -0.2) is 17.0 Å². The fourth-order valence-electron chi connectivity index (χ4n) is 0.622. The zero-order chi connectivity index (χ0) is 9.07. The Morgan fingerprint density at radius 1 is 1.64 bits per heavy atom. The molecule has 0 fully saturated rings. The lowest BCUT2D eigenvalue weighted by molar-refractivity contribution is -0.269. The summed E-state index contributed by atoms with van der Waals surface area (Å²) in [6.45, 7) is 1.47. The first kappa shape index (κ1) is 10.2. The first-order valence-electron chi connectivity index (χ1n) is 3.05. The van der Waals surface area contributed by atoms with Gasteiger partial charge >= 0.3 is 0 Å². The average Bonchev–Trinajstić information content (AvgIpc) is 1.87. The Bertz CT molecular complexity index is 153. The molecule has 66 valence electrons. The summed E-state index contributed by atoms with van der Waals surface area (Å²) in [5.74, 6) is -4.97. The minimum Gasteiger partial charge on any atom is -0.365 e. The number of nitrogens with two attached hydrogens (primary N) is 1. The van der Waals surface area contributed by atoms with Gasteiger partial charge in [-0.1, -0.05) is 22.3 Å². The molecular formula is C5H9F3N2O. The van der Waals surface area contributed by atoms with Crippen LogP contribution in [0.15, 0.2) is 0 Å². The van der Waals surface area contributed by atoms with Gasteiger partial charge in [0.05, 0.1) is 5.34 Å². The SMILES string of the molecule is CCC[C@@](F)(C(N)=O)N(F)F. The van der Waals surface area contributed by atoms with Gasteiger partial charge in [0.1, 0.15) is 0 Å². The van der Waals surface area contributed by atoms with Crippen LogP contribution in [-0.2, 0) is 4.79 Å². The highest BCUT2D eigenvalue weighted by Gasteiger charge is 2.44. The highest BCUT2D eigenvalue weighted by atomic mass is 19.4. The van der Waals surface area contributed by atoms with E-state index in [9.17, 15) is 18.1 Å². The van der Waals surface area contributed by atoms with Crippen LogP contribution in [0.5, 0.6) is 0 Å². The Morgan fingerprint density at radius 2 is 2.09 bits per heavy atom. The third-order valence-electron chi connectivity index (χ3n) is 1.23. The first-order valence-corrected chi connectivity index (χ1v) is 3.05. The van der Waals surface area contributed by atoms with Crippen molar-refractivity contribution in [3.8, 4) is 0 Å². The van der Waals surface area contributed by atoms with Crippen LogP contribution in [0.4, 0.5) is 13.4 Å². The van der Waals surface area contributed by atoms with E-state index in [0.29, 0.717) is 0 Å². The molecule has 0 heterocycles. The van der Waals surface area contributed by atoms with E-state index in [1.54, 1.807) is 0 Å². The smallest absolute Gasteiger partial charge is 0.298 e. The Labute approximate surface area is 61.8 Å². The highest BCUT2D eigenvalue weighted by Crippen LogP contribution is 2.23. The summed E-state index contributed by atoms with van der Waals surface area (Å²) in [6.07, 6.45) is -0.487. The van der Waals surface area contributed by atoms with Crippen LogP contribution in [0.1, 0.15) is 19.8 Å². The van der Waals surface area contributed by atoms with Gasteiger partial charge < -0.3 is 5.73 Å². The minimum atomic E-state index is -3.31. The molecule has 6 heteroatoms. The fraction of sp³-hybridized carbons (Fsp3) is 0.800. The monoisotopic (exact) mass is 170 g/mol. The van der Waals surface area contributed by atoms with Crippen LogP contribution < -0.4 is 5.73 Å². The molecule has 0 spiro atoms. The number of alkyl halides is 1. The second-order valence-corrected chi connectivity index (χ2v) is 2.11. The number of hydrogen-bond acceptors (Lipinski definition) is 2. The van der Waals surface area contributed by atoms with Crippen molar-refractivity contribution in [1.29, 1.82) is 0 Å². The maximum absolute atomic E-state index is 12.7. The summed E-state index contributed by atoms with van der Waals surface area (Å²) >= 11 is 0. The van der Waals surface area contributed by atoms with Crippen molar-refractivity contribution in [3.63, 3.8) is 0 Å². The number of carbonyl (C=O) groups is 1. The molecule has 0 saturated heterocycles. The van der Waals surface area contributed by atoms with Gasteiger partial charge in [0.25, 0.3) is 11.7 Å². The zero-order valence-electron chi connectivity index (χ0n) is 5.98. The Morgan fingerprint density at radius 3 is 2.18 bits per heavy atom. The van der Waals surface area contributed by atoms with Crippen molar-refractivity contribution in [2.24, 2.45) is 5.73 Å². The van der Waals surface area contributed by atoms with E-state index in [0.717, 1.165) is 0 Å². The minimum absolute atomic E-state index is 0.115. The summed E-state index contributed by atoms with van der Waals surface area (Å²) < 4.78 is 36.1. The molecule has 0 aliphatic heterocycles. The molecule has 3 nitrogen and oxygen atoms in total. The normalized spacial score (nSPS) is 16.5. The number of hydrogen-bond donors (Lipinski definition) is 1. The number of nitrogens with zero attached hydrogens (tertiary/aromatic N) is 1. The van der Waals surface area contributed by atoms with Gasteiger partial charge in [-0.25, -0.2) is 4.39 Å².